The number of hydrogen-bond donors (Lipinski definition) is 1. The lowest BCUT2D eigenvalue weighted by atomic mass is 10.1. The number of hydrogen-bond acceptors (Lipinski definition) is 3. The van der Waals surface area contributed by atoms with Crippen molar-refractivity contribution in [2.24, 2.45) is 5.92 Å². The Balaban J connectivity index is 2.09. The van der Waals surface area contributed by atoms with Crippen LogP contribution in [0.4, 0.5) is 0 Å². The van der Waals surface area contributed by atoms with Crippen LogP contribution in [0, 0.1) is 5.92 Å². The van der Waals surface area contributed by atoms with Crippen molar-refractivity contribution >= 4 is 23.2 Å². The van der Waals surface area contributed by atoms with Crippen molar-refractivity contribution in [3.05, 3.63) is 46.4 Å². The number of carbonyl (C=O) groups excluding carboxylic acids is 1. The summed E-state index contributed by atoms with van der Waals surface area (Å²) in [5.41, 5.74) is 0.573. The highest BCUT2D eigenvalue weighted by Gasteiger charge is 2.20. The first-order valence-electron chi connectivity index (χ1n) is 6.65. The molecule has 6 heteroatoms. The van der Waals surface area contributed by atoms with E-state index in [0.717, 1.165) is 0 Å². The summed E-state index contributed by atoms with van der Waals surface area (Å²) in [6.07, 6.45) is 1.86. The fraction of sp³-hybridized carbons (Fsp3) is 0.333. The average Bonchev–Trinajstić information content (AvgIpc) is 3.09. The number of rotatable bonds is 6. The monoisotopic (exact) mass is 306 g/mol. The lowest BCUT2D eigenvalue weighted by Gasteiger charge is -2.20. The van der Waals surface area contributed by atoms with Gasteiger partial charge in [-0.05, 0) is 23.6 Å². The van der Waals surface area contributed by atoms with Crippen LogP contribution >= 0.6 is 11.3 Å². The standard InChI is InChI=1S/C15H18N2O3S/c1-11(15(19)20)9-16(2)14(18)13-6-3-7-17(13)10-12-5-4-8-21-12/h3-8,11H,9-10H2,1-2H3,(H,19,20). The number of aliphatic carboxylic acids is 1. The third kappa shape index (κ3) is 3.72. The molecule has 0 aliphatic rings. The molecule has 0 spiro atoms. The first-order valence-corrected chi connectivity index (χ1v) is 7.52. The molecular formula is C15H18N2O3S. The van der Waals surface area contributed by atoms with E-state index in [4.69, 9.17) is 5.11 Å². The van der Waals surface area contributed by atoms with Gasteiger partial charge in [-0.1, -0.05) is 13.0 Å². The predicted molar refractivity (Wildman–Crippen MR) is 81.6 cm³/mol. The van der Waals surface area contributed by atoms with Crippen LogP contribution < -0.4 is 0 Å². The SMILES string of the molecule is CC(CN(C)C(=O)c1cccn1Cc1cccs1)C(=O)O. The van der Waals surface area contributed by atoms with Crippen LogP contribution in [0.25, 0.3) is 0 Å². The van der Waals surface area contributed by atoms with Gasteiger partial charge in [-0.3, -0.25) is 9.59 Å². The average molecular weight is 306 g/mol. The molecule has 0 aliphatic heterocycles. The molecule has 21 heavy (non-hydrogen) atoms. The van der Waals surface area contributed by atoms with Crippen LogP contribution in [0.2, 0.25) is 0 Å². The van der Waals surface area contributed by atoms with Crippen LogP contribution in [0.3, 0.4) is 0 Å². The van der Waals surface area contributed by atoms with E-state index in [1.165, 1.54) is 9.78 Å². The molecule has 112 valence electrons. The lowest BCUT2D eigenvalue weighted by Crippen LogP contribution is -2.34. The summed E-state index contributed by atoms with van der Waals surface area (Å²) in [4.78, 5) is 25.9. The molecule has 1 amide bonds. The Labute approximate surface area is 127 Å². The molecule has 1 atom stereocenters. The van der Waals surface area contributed by atoms with Gasteiger partial charge in [-0.15, -0.1) is 11.3 Å². The number of amides is 1. The molecule has 2 heterocycles. The van der Waals surface area contributed by atoms with Gasteiger partial charge in [-0.25, -0.2) is 0 Å². The third-order valence-corrected chi connectivity index (χ3v) is 4.13. The van der Waals surface area contributed by atoms with Crippen molar-refractivity contribution < 1.29 is 14.7 Å². The molecule has 2 rings (SSSR count). The maximum atomic E-state index is 12.4. The summed E-state index contributed by atoms with van der Waals surface area (Å²) in [6, 6.07) is 7.59. The van der Waals surface area contributed by atoms with Gasteiger partial charge < -0.3 is 14.6 Å². The summed E-state index contributed by atoms with van der Waals surface area (Å²) in [7, 11) is 1.63. The van der Waals surface area contributed by atoms with Crippen molar-refractivity contribution in [1.29, 1.82) is 0 Å². The van der Waals surface area contributed by atoms with E-state index in [0.29, 0.717) is 12.2 Å². The largest absolute Gasteiger partial charge is 0.481 e. The van der Waals surface area contributed by atoms with Crippen LogP contribution in [-0.2, 0) is 11.3 Å². The third-order valence-electron chi connectivity index (χ3n) is 3.27. The molecule has 0 aromatic carbocycles. The van der Waals surface area contributed by atoms with Crippen LogP contribution in [-0.4, -0.2) is 40.0 Å². The number of thiophene rings is 1. The van der Waals surface area contributed by atoms with E-state index >= 15 is 0 Å². The molecule has 0 bridgehead atoms. The van der Waals surface area contributed by atoms with Gasteiger partial charge in [0.05, 0.1) is 12.5 Å². The maximum Gasteiger partial charge on any atom is 0.308 e. The van der Waals surface area contributed by atoms with Crippen molar-refractivity contribution in [1.82, 2.24) is 9.47 Å². The Morgan fingerprint density at radius 3 is 2.76 bits per heavy atom. The minimum atomic E-state index is -0.899. The van der Waals surface area contributed by atoms with Crippen LogP contribution in [0.1, 0.15) is 22.3 Å². The molecule has 1 unspecified atom stereocenters. The Kier molecular flexibility index (Phi) is 4.80. The maximum absolute atomic E-state index is 12.4. The van der Waals surface area contributed by atoms with Crippen molar-refractivity contribution in [3.63, 3.8) is 0 Å². The topological polar surface area (TPSA) is 62.5 Å². The molecular weight excluding hydrogens is 288 g/mol. The summed E-state index contributed by atoms with van der Waals surface area (Å²) >= 11 is 1.64. The number of carboxylic acids is 1. The Hall–Kier alpha value is -2.08. The van der Waals surface area contributed by atoms with E-state index in [-0.39, 0.29) is 12.5 Å². The normalized spacial score (nSPS) is 12.1. The van der Waals surface area contributed by atoms with Gasteiger partial charge in [0.15, 0.2) is 0 Å². The predicted octanol–water partition coefficient (Wildman–Crippen LogP) is 2.39. The number of carbonyl (C=O) groups is 2. The summed E-state index contributed by atoms with van der Waals surface area (Å²) in [6.45, 7) is 2.43. The zero-order valence-corrected chi connectivity index (χ0v) is 12.8. The molecule has 5 nitrogen and oxygen atoms in total. The van der Waals surface area contributed by atoms with E-state index in [1.807, 2.05) is 34.3 Å². The van der Waals surface area contributed by atoms with Crippen molar-refractivity contribution in [3.8, 4) is 0 Å². The molecule has 2 aromatic heterocycles. The Morgan fingerprint density at radius 2 is 2.14 bits per heavy atom. The Bertz CT molecular complexity index is 619. The molecule has 2 aromatic rings. The molecule has 0 aliphatic carbocycles. The van der Waals surface area contributed by atoms with E-state index < -0.39 is 11.9 Å². The highest BCUT2D eigenvalue weighted by molar-refractivity contribution is 7.09. The fourth-order valence-corrected chi connectivity index (χ4v) is 2.79. The zero-order valence-electron chi connectivity index (χ0n) is 12.0. The van der Waals surface area contributed by atoms with Crippen molar-refractivity contribution in [2.75, 3.05) is 13.6 Å². The number of carboxylic acid groups (broad SMARTS) is 1. The van der Waals surface area contributed by atoms with Crippen LogP contribution in [0.5, 0.6) is 0 Å². The van der Waals surface area contributed by atoms with Crippen LogP contribution in [0.15, 0.2) is 35.8 Å². The van der Waals surface area contributed by atoms with E-state index in [9.17, 15) is 9.59 Å². The molecule has 0 radical (unpaired) electrons. The van der Waals surface area contributed by atoms with Gasteiger partial charge in [-0.2, -0.15) is 0 Å². The minimum absolute atomic E-state index is 0.162. The second kappa shape index (κ2) is 6.58. The van der Waals surface area contributed by atoms with Gasteiger partial charge >= 0.3 is 5.97 Å². The van der Waals surface area contributed by atoms with Gasteiger partial charge in [0.25, 0.3) is 5.91 Å². The first kappa shape index (κ1) is 15.3. The summed E-state index contributed by atoms with van der Waals surface area (Å²) in [5, 5.41) is 10.9. The fourth-order valence-electron chi connectivity index (χ4n) is 2.08. The number of aromatic nitrogens is 1. The zero-order chi connectivity index (χ0) is 15.4. The minimum Gasteiger partial charge on any atom is -0.481 e. The van der Waals surface area contributed by atoms with E-state index in [1.54, 1.807) is 31.4 Å². The lowest BCUT2D eigenvalue weighted by molar-refractivity contribution is -0.141. The second-order valence-corrected chi connectivity index (χ2v) is 6.06. The Morgan fingerprint density at radius 1 is 1.38 bits per heavy atom. The number of nitrogens with zero attached hydrogens (tertiary/aromatic N) is 2. The quantitative estimate of drug-likeness (QED) is 0.891. The molecule has 0 fully saturated rings. The van der Waals surface area contributed by atoms with Gasteiger partial charge in [0, 0.05) is 24.7 Å². The highest BCUT2D eigenvalue weighted by Crippen LogP contribution is 2.14. The van der Waals surface area contributed by atoms with Gasteiger partial charge in [0.2, 0.25) is 0 Å². The van der Waals surface area contributed by atoms with E-state index in [2.05, 4.69) is 0 Å². The molecule has 1 N–H and O–H groups in total. The van der Waals surface area contributed by atoms with Gasteiger partial charge in [0.1, 0.15) is 5.69 Å². The summed E-state index contributed by atoms with van der Waals surface area (Å²) in [5.74, 6) is -1.65. The molecule has 0 saturated carbocycles. The smallest absolute Gasteiger partial charge is 0.308 e. The second-order valence-electron chi connectivity index (χ2n) is 5.03. The summed E-state index contributed by atoms with van der Waals surface area (Å²) < 4.78 is 1.89. The van der Waals surface area contributed by atoms with Crippen molar-refractivity contribution in [2.45, 2.75) is 13.5 Å². The molecule has 0 saturated heterocycles. The first-order chi connectivity index (χ1) is 9.99. The highest BCUT2D eigenvalue weighted by atomic mass is 32.1.